The Morgan fingerprint density at radius 2 is 0.979 bits per heavy atom. The Kier molecular flexibility index (Phi) is 11.2. The number of benzene rings is 3. The van der Waals surface area contributed by atoms with Crippen molar-refractivity contribution < 1.29 is 41.2 Å². The van der Waals surface area contributed by atoms with Crippen LogP contribution in [0.2, 0.25) is 10.3 Å². The first-order valence-corrected chi connectivity index (χ1v) is 14.0. The molecule has 0 saturated carbocycles. The molecule has 6 aromatic rings. The van der Waals surface area contributed by atoms with Crippen molar-refractivity contribution in [3.8, 4) is 29.0 Å². The number of aromatic amines is 1. The van der Waals surface area contributed by atoms with Gasteiger partial charge in [0, 0.05) is 34.4 Å². The van der Waals surface area contributed by atoms with Crippen LogP contribution in [0.15, 0.2) is 59.4 Å². The summed E-state index contributed by atoms with van der Waals surface area (Å²) in [6.45, 7) is 0. The average Bonchev–Trinajstić information content (AvgIpc) is 3.05. The molecule has 3 heterocycles. The van der Waals surface area contributed by atoms with E-state index in [1.807, 2.05) is 0 Å². The van der Waals surface area contributed by atoms with Gasteiger partial charge < -0.3 is 28.7 Å². The number of rotatable bonds is 5. The molecule has 0 amide bonds. The first kappa shape index (κ1) is 34.9. The number of nitrogens with one attached hydrogen (secondary N) is 1. The van der Waals surface area contributed by atoms with Crippen LogP contribution in [0.1, 0.15) is 0 Å². The molecule has 0 aliphatic rings. The number of aromatic nitrogens is 3. The zero-order chi connectivity index (χ0) is 34.4. The largest absolute Gasteiger partial charge is 0.494 e. The van der Waals surface area contributed by atoms with Gasteiger partial charge in [-0.3, -0.25) is 4.79 Å². The molecule has 0 fully saturated rings. The zero-order valence-corrected chi connectivity index (χ0v) is 26.8. The van der Waals surface area contributed by atoms with Crippen molar-refractivity contribution in [3.05, 3.63) is 98.7 Å². The molecular weight excluding hydrogens is 669 g/mol. The molecule has 0 saturated heterocycles. The zero-order valence-electron chi connectivity index (χ0n) is 25.3. The lowest BCUT2D eigenvalue weighted by molar-refractivity contribution is 0.385. The standard InChI is InChI=1S/C11H9ClFNO2.C11H9F2NO2.C10H7ClFNO2/c1-15-9-3-6-4-10(16-2)14-11(12)7(6)5-8(9)13;1-15-9-3-6-4-10(16-2)14-11(13)7(6)5-8(9)12;1-15-8-2-5-3-9(14)13-10(11)6(5)4-7(8)12/h2*3-5H,1-2H3;2-4H,1H3,(H,13,14). The summed E-state index contributed by atoms with van der Waals surface area (Å²) in [4.78, 5) is 21.0. The minimum Gasteiger partial charge on any atom is -0.494 e. The van der Waals surface area contributed by atoms with Crippen LogP contribution in [0.4, 0.5) is 17.6 Å². The highest BCUT2D eigenvalue weighted by Gasteiger charge is 2.12. The van der Waals surface area contributed by atoms with E-state index in [2.05, 4.69) is 15.0 Å². The van der Waals surface area contributed by atoms with E-state index in [-0.39, 0.29) is 44.4 Å². The Bertz CT molecular complexity index is 2050. The average molecular weight is 694 g/mol. The molecule has 15 heteroatoms. The quantitative estimate of drug-likeness (QED) is 0.144. The Hall–Kier alpha value is -5.01. The fraction of sp³-hybridized carbons (Fsp3) is 0.156. The highest BCUT2D eigenvalue weighted by molar-refractivity contribution is 6.34. The lowest BCUT2D eigenvalue weighted by atomic mass is 10.1. The lowest BCUT2D eigenvalue weighted by Gasteiger charge is -2.07. The predicted octanol–water partition coefficient (Wildman–Crippen LogP) is 7.90. The van der Waals surface area contributed by atoms with Gasteiger partial charge in [0.25, 0.3) is 0 Å². The highest BCUT2D eigenvalue weighted by Crippen LogP contribution is 2.31. The fourth-order valence-electron chi connectivity index (χ4n) is 4.29. The maximum absolute atomic E-state index is 13.5. The topological polar surface area (TPSA) is 105 Å². The predicted molar refractivity (Wildman–Crippen MR) is 171 cm³/mol. The first-order chi connectivity index (χ1) is 22.4. The first-order valence-electron chi connectivity index (χ1n) is 13.2. The van der Waals surface area contributed by atoms with Crippen molar-refractivity contribution in [3.63, 3.8) is 0 Å². The molecule has 9 nitrogen and oxygen atoms in total. The minimum atomic E-state index is -0.768. The summed E-state index contributed by atoms with van der Waals surface area (Å²) in [6, 6.07) is 12.5. The Morgan fingerprint density at radius 1 is 0.553 bits per heavy atom. The Morgan fingerprint density at radius 3 is 1.47 bits per heavy atom. The molecule has 3 aromatic heterocycles. The van der Waals surface area contributed by atoms with Crippen molar-refractivity contribution >= 4 is 55.5 Å². The normalized spacial score (nSPS) is 10.5. The number of halogens is 6. The Balaban J connectivity index is 0.000000160. The van der Waals surface area contributed by atoms with Gasteiger partial charge in [-0.15, -0.1) is 0 Å². The van der Waals surface area contributed by atoms with Crippen LogP contribution < -0.4 is 29.2 Å². The van der Waals surface area contributed by atoms with Crippen molar-refractivity contribution in [1.29, 1.82) is 0 Å². The molecule has 0 atom stereocenters. The molecule has 246 valence electrons. The summed E-state index contributed by atoms with van der Waals surface area (Å²) in [5, 5.41) is 3.14. The summed E-state index contributed by atoms with van der Waals surface area (Å²) < 4.78 is 77.8. The van der Waals surface area contributed by atoms with Crippen LogP contribution in [-0.4, -0.2) is 50.5 Å². The summed E-state index contributed by atoms with van der Waals surface area (Å²) in [7, 11) is 6.99. The number of nitrogens with zero attached hydrogens (tertiary/aromatic N) is 2. The van der Waals surface area contributed by atoms with E-state index >= 15 is 0 Å². The fourth-order valence-corrected chi connectivity index (χ4v) is 4.79. The number of hydrogen-bond acceptors (Lipinski definition) is 8. The van der Waals surface area contributed by atoms with Crippen LogP contribution in [0.3, 0.4) is 0 Å². The van der Waals surface area contributed by atoms with Crippen molar-refractivity contribution in [2.24, 2.45) is 0 Å². The van der Waals surface area contributed by atoms with Crippen LogP contribution in [-0.2, 0) is 0 Å². The van der Waals surface area contributed by atoms with Crippen LogP contribution in [0.25, 0.3) is 32.3 Å². The third-order valence-corrected chi connectivity index (χ3v) is 7.15. The summed E-state index contributed by atoms with van der Waals surface area (Å²) in [5.74, 6) is -1.55. The van der Waals surface area contributed by atoms with Gasteiger partial charge in [-0.05, 0) is 52.6 Å². The molecule has 0 bridgehead atoms. The van der Waals surface area contributed by atoms with Crippen molar-refractivity contribution in [2.45, 2.75) is 0 Å². The Labute approximate surface area is 274 Å². The number of fused-ring (bicyclic) bond motifs is 3. The van der Waals surface area contributed by atoms with Gasteiger partial charge in [0.15, 0.2) is 34.7 Å². The molecule has 1 N–H and O–H groups in total. The number of ether oxygens (including phenoxy) is 5. The van der Waals surface area contributed by atoms with Gasteiger partial charge >= 0.3 is 0 Å². The minimum absolute atomic E-state index is 0.0557. The van der Waals surface area contributed by atoms with Crippen LogP contribution in [0, 0.1) is 23.4 Å². The monoisotopic (exact) mass is 693 g/mol. The van der Waals surface area contributed by atoms with Crippen LogP contribution >= 0.6 is 23.2 Å². The molecule has 0 aliphatic carbocycles. The lowest BCUT2D eigenvalue weighted by Crippen LogP contribution is -2.03. The maximum atomic E-state index is 13.5. The maximum Gasteiger partial charge on any atom is 0.249 e. The van der Waals surface area contributed by atoms with Crippen molar-refractivity contribution in [1.82, 2.24) is 15.0 Å². The number of methoxy groups -OCH3 is 5. The number of pyridine rings is 3. The third kappa shape index (κ3) is 7.87. The van der Waals surface area contributed by atoms with E-state index in [4.69, 9.17) is 46.9 Å². The second-order valence-corrected chi connectivity index (χ2v) is 10.1. The molecule has 0 radical (unpaired) electrons. The highest BCUT2D eigenvalue weighted by atomic mass is 35.5. The van der Waals surface area contributed by atoms with Crippen molar-refractivity contribution in [2.75, 3.05) is 35.5 Å². The number of hydrogen-bond donors (Lipinski definition) is 1. The molecule has 6 rings (SSSR count). The molecular formula is C32H25Cl2F4N3O6. The van der Waals surface area contributed by atoms with Gasteiger partial charge in [-0.2, -0.15) is 9.37 Å². The van der Waals surface area contributed by atoms with E-state index < -0.39 is 23.4 Å². The van der Waals surface area contributed by atoms with E-state index in [1.54, 1.807) is 12.1 Å². The summed E-state index contributed by atoms with van der Waals surface area (Å²) in [5.41, 5.74) is -0.332. The van der Waals surface area contributed by atoms with Crippen LogP contribution in [0.5, 0.6) is 29.0 Å². The van der Waals surface area contributed by atoms with Gasteiger partial charge in [0.05, 0.1) is 35.5 Å². The molecule has 0 aliphatic heterocycles. The van der Waals surface area contributed by atoms with Gasteiger partial charge in [-0.1, -0.05) is 23.2 Å². The van der Waals surface area contributed by atoms with E-state index in [0.717, 1.165) is 11.5 Å². The smallest absolute Gasteiger partial charge is 0.249 e. The SMILES string of the molecule is COc1cc2cc(=O)[nH]c(Cl)c2cc1F.COc1cc2cc(OC)c(F)cc2c(Cl)n1.COc1cc2cc(OC)c(F)cc2c(F)n1. The molecule has 0 unspecified atom stereocenters. The van der Waals surface area contributed by atoms with E-state index in [1.165, 1.54) is 71.9 Å². The summed E-state index contributed by atoms with van der Waals surface area (Å²) >= 11 is 11.7. The molecule has 47 heavy (non-hydrogen) atoms. The van der Waals surface area contributed by atoms with Gasteiger partial charge in [0.2, 0.25) is 23.3 Å². The molecule has 0 spiro atoms. The van der Waals surface area contributed by atoms with Gasteiger partial charge in [0.1, 0.15) is 10.3 Å². The molecule has 3 aromatic carbocycles. The summed E-state index contributed by atoms with van der Waals surface area (Å²) in [6.07, 6.45) is 0. The van der Waals surface area contributed by atoms with Gasteiger partial charge in [-0.25, -0.2) is 18.2 Å². The van der Waals surface area contributed by atoms with E-state index in [9.17, 15) is 22.4 Å². The second-order valence-electron chi connectivity index (χ2n) is 9.35. The number of H-pyrrole nitrogens is 1. The second kappa shape index (κ2) is 15.1. The van der Waals surface area contributed by atoms with E-state index in [0.29, 0.717) is 27.4 Å². The third-order valence-electron chi connectivity index (χ3n) is 6.57.